The van der Waals surface area contributed by atoms with Gasteiger partial charge in [-0.15, -0.1) is 0 Å². The zero-order valence-electron chi connectivity index (χ0n) is 7.47. The van der Waals surface area contributed by atoms with Gasteiger partial charge in [0.15, 0.2) is 0 Å². The van der Waals surface area contributed by atoms with Gasteiger partial charge in [0.1, 0.15) is 5.75 Å². The fraction of sp³-hybridized carbons (Fsp3) is 0.400. The van der Waals surface area contributed by atoms with Gasteiger partial charge in [-0.05, 0) is 46.5 Å². The van der Waals surface area contributed by atoms with Crippen LogP contribution in [0.3, 0.4) is 0 Å². The molecule has 0 radical (unpaired) electrons. The molecule has 0 fully saturated rings. The summed E-state index contributed by atoms with van der Waals surface area (Å²) in [7, 11) is 0. The molecule has 2 rings (SSSR count). The minimum absolute atomic E-state index is 0.331. The number of rotatable bonds is 1. The summed E-state index contributed by atoms with van der Waals surface area (Å²) in [5.41, 5.74) is 2.35. The number of anilines is 1. The minimum Gasteiger partial charge on any atom is -0.507 e. The van der Waals surface area contributed by atoms with Crippen molar-refractivity contribution in [1.82, 2.24) is 0 Å². The largest absolute Gasteiger partial charge is 0.507 e. The number of benzene rings is 1. The maximum Gasteiger partial charge on any atom is 0.130 e. The molecule has 1 aromatic carbocycles. The highest BCUT2D eigenvalue weighted by Gasteiger charge is 2.22. The number of phenols is 1. The Morgan fingerprint density at radius 1 is 1.62 bits per heavy atom. The molecule has 0 saturated carbocycles. The Hall–Kier alpha value is -0.700. The molecule has 13 heavy (non-hydrogen) atoms. The fourth-order valence-electron chi connectivity index (χ4n) is 1.71. The summed E-state index contributed by atoms with van der Waals surface area (Å²) < 4.78 is 0.841. The van der Waals surface area contributed by atoms with Crippen LogP contribution < -0.4 is 5.32 Å². The van der Waals surface area contributed by atoms with Crippen LogP contribution >= 0.6 is 15.9 Å². The summed E-state index contributed by atoms with van der Waals surface area (Å²) in [6.07, 6.45) is 2.11. The van der Waals surface area contributed by atoms with E-state index in [-0.39, 0.29) is 0 Å². The molecule has 2 N–H and O–H groups in total. The second-order valence-corrected chi connectivity index (χ2v) is 4.17. The summed E-state index contributed by atoms with van der Waals surface area (Å²) in [6.45, 7) is 2.16. The lowest BCUT2D eigenvalue weighted by Crippen LogP contribution is -2.12. The van der Waals surface area contributed by atoms with Gasteiger partial charge in [-0.3, -0.25) is 0 Å². The molecule has 0 amide bonds. The van der Waals surface area contributed by atoms with E-state index in [2.05, 4.69) is 28.2 Å². The first-order valence-corrected chi connectivity index (χ1v) is 5.28. The predicted octanol–water partition coefficient (Wildman–Crippen LogP) is 2.90. The summed E-state index contributed by atoms with van der Waals surface area (Å²) in [5.74, 6) is 0.331. The van der Waals surface area contributed by atoms with Gasteiger partial charge in [0, 0.05) is 11.7 Å². The SMILES string of the molecule is CCC1Cc2c(ccc(O)c2Br)N1. The van der Waals surface area contributed by atoms with Gasteiger partial charge in [0.25, 0.3) is 0 Å². The van der Waals surface area contributed by atoms with E-state index in [1.165, 1.54) is 5.56 Å². The van der Waals surface area contributed by atoms with Gasteiger partial charge in [0.05, 0.1) is 4.47 Å². The lowest BCUT2D eigenvalue weighted by molar-refractivity contribution is 0.471. The van der Waals surface area contributed by atoms with Crippen LogP contribution in [0.1, 0.15) is 18.9 Å². The smallest absolute Gasteiger partial charge is 0.130 e. The van der Waals surface area contributed by atoms with Gasteiger partial charge >= 0.3 is 0 Å². The highest BCUT2D eigenvalue weighted by atomic mass is 79.9. The molecule has 1 aromatic rings. The number of hydrogen-bond acceptors (Lipinski definition) is 2. The molecule has 0 bridgehead atoms. The van der Waals surface area contributed by atoms with Crippen molar-refractivity contribution in [3.05, 3.63) is 22.2 Å². The first-order valence-electron chi connectivity index (χ1n) is 4.49. The fourth-order valence-corrected chi connectivity index (χ4v) is 2.22. The molecule has 1 aliphatic heterocycles. The highest BCUT2D eigenvalue weighted by molar-refractivity contribution is 9.10. The Balaban J connectivity index is 2.40. The van der Waals surface area contributed by atoms with Crippen LogP contribution in [-0.2, 0) is 6.42 Å². The van der Waals surface area contributed by atoms with Crippen molar-refractivity contribution in [1.29, 1.82) is 0 Å². The zero-order valence-corrected chi connectivity index (χ0v) is 9.06. The number of phenolic OH excluding ortho intramolecular Hbond substituents is 1. The Morgan fingerprint density at radius 3 is 3.08 bits per heavy atom. The molecule has 0 aliphatic carbocycles. The molecular formula is C10H12BrNO. The second kappa shape index (κ2) is 3.22. The van der Waals surface area contributed by atoms with E-state index in [1.54, 1.807) is 6.07 Å². The van der Waals surface area contributed by atoms with Crippen molar-refractivity contribution in [2.45, 2.75) is 25.8 Å². The third-order valence-electron chi connectivity index (χ3n) is 2.53. The summed E-state index contributed by atoms with van der Waals surface area (Å²) in [4.78, 5) is 0. The Bertz CT molecular complexity index is 338. The van der Waals surface area contributed by atoms with E-state index < -0.39 is 0 Å². The van der Waals surface area contributed by atoms with Gasteiger partial charge in [0.2, 0.25) is 0 Å². The number of fused-ring (bicyclic) bond motifs is 1. The molecule has 1 atom stereocenters. The molecule has 0 spiro atoms. The average molecular weight is 242 g/mol. The average Bonchev–Trinajstić information content (AvgIpc) is 2.55. The molecule has 3 heteroatoms. The number of halogens is 1. The summed E-state index contributed by atoms with van der Waals surface area (Å²) >= 11 is 3.40. The molecule has 1 heterocycles. The quantitative estimate of drug-likeness (QED) is 0.742. The molecule has 1 aliphatic rings. The van der Waals surface area contributed by atoms with Crippen LogP contribution in [-0.4, -0.2) is 11.1 Å². The van der Waals surface area contributed by atoms with Crippen LogP contribution in [0.4, 0.5) is 5.69 Å². The zero-order chi connectivity index (χ0) is 9.42. The van der Waals surface area contributed by atoms with Gasteiger partial charge in [-0.1, -0.05) is 6.92 Å². The number of hydrogen-bond donors (Lipinski definition) is 2. The molecule has 2 nitrogen and oxygen atoms in total. The third-order valence-corrected chi connectivity index (χ3v) is 3.41. The molecule has 0 aromatic heterocycles. The minimum atomic E-state index is 0.331. The molecule has 1 unspecified atom stereocenters. The van der Waals surface area contributed by atoms with Gasteiger partial charge < -0.3 is 10.4 Å². The summed E-state index contributed by atoms with van der Waals surface area (Å²) in [6, 6.07) is 4.17. The Kier molecular flexibility index (Phi) is 2.20. The maximum absolute atomic E-state index is 9.47. The van der Waals surface area contributed by atoms with Gasteiger partial charge in [-0.25, -0.2) is 0 Å². The highest BCUT2D eigenvalue weighted by Crippen LogP contribution is 2.38. The lowest BCUT2D eigenvalue weighted by atomic mass is 10.1. The first kappa shape index (κ1) is 8.88. The predicted molar refractivity (Wildman–Crippen MR) is 57.2 cm³/mol. The van der Waals surface area contributed by atoms with Crippen LogP contribution in [0.2, 0.25) is 0 Å². The topological polar surface area (TPSA) is 32.3 Å². The normalized spacial score (nSPS) is 19.7. The molecule has 0 saturated heterocycles. The van der Waals surface area contributed by atoms with Crippen molar-refractivity contribution in [3.8, 4) is 5.75 Å². The van der Waals surface area contributed by atoms with Crippen LogP contribution in [0.5, 0.6) is 5.75 Å². The van der Waals surface area contributed by atoms with Crippen LogP contribution in [0.15, 0.2) is 16.6 Å². The van der Waals surface area contributed by atoms with Crippen molar-refractivity contribution in [2.24, 2.45) is 0 Å². The molecular weight excluding hydrogens is 230 g/mol. The van der Waals surface area contributed by atoms with Gasteiger partial charge in [-0.2, -0.15) is 0 Å². The molecule has 70 valence electrons. The van der Waals surface area contributed by atoms with E-state index in [9.17, 15) is 5.11 Å². The van der Waals surface area contributed by atoms with E-state index >= 15 is 0 Å². The standard InChI is InChI=1S/C10H12BrNO/c1-2-6-5-7-8(12-6)3-4-9(13)10(7)11/h3-4,6,12-13H,2,5H2,1H3. The van der Waals surface area contributed by atoms with Crippen molar-refractivity contribution in [3.63, 3.8) is 0 Å². The van der Waals surface area contributed by atoms with Crippen molar-refractivity contribution in [2.75, 3.05) is 5.32 Å². The lowest BCUT2D eigenvalue weighted by Gasteiger charge is -2.05. The van der Waals surface area contributed by atoms with E-state index in [0.29, 0.717) is 11.8 Å². The third kappa shape index (κ3) is 1.41. The number of nitrogens with one attached hydrogen (secondary N) is 1. The number of aromatic hydroxyl groups is 1. The monoisotopic (exact) mass is 241 g/mol. The van der Waals surface area contributed by atoms with Crippen molar-refractivity contribution < 1.29 is 5.11 Å². The van der Waals surface area contributed by atoms with Crippen LogP contribution in [0.25, 0.3) is 0 Å². The van der Waals surface area contributed by atoms with E-state index in [4.69, 9.17) is 0 Å². The Labute approximate surface area is 86.1 Å². The second-order valence-electron chi connectivity index (χ2n) is 3.38. The van der Waals surface area contributed by atoms with E-state index in [0.717, 1.165) is 23.0 Å². The first-order chi connectivity index (χ1) is 6.22. The van der Waals surface area contributed by atoms with Crippen molar-refractivity contribution >= 4 is 21.6 Å². The summed E-state index contributed by atoms with van der Waals surface area (Å²) in [5, 5.41) is 12.9. The van der Waals surface area contributed by atoms with E-state index in [1.807, 2.05) is 6.07 Å². The maximum atomic E-state index is 9.47. The van der Waals surface area contributed by atoms with Crippen LogP contribution in [0, 0.1) is 0 Å². The Morgan fingerprint density at radius 2 is 2.38 bits per heavy atom.